The van der Waals surface area contributed by atoms with Gasteiger partial charge < -0.3 is 5.32 Å². The van der Waals surface area contributed by atoms with Gasteiger partial charge in [-0.15, -0.1) is 37.1 Å². The standard InChI is InChI=1S/C10H19N.HI/c1-4-7-10(8-5-2)11-9-6-3;/h4-5,10-11H,1-2,6-9H2,3H3;1H. The van der Waals surface area contributed by atoms with Crippen LogP contribution in [0, 0.1) is 0 Å². The molecular weight excluding hydrogens is 261 g/mol. The third kappa shape index (κ3) is 8.27. The molecule has 0 saturated carbocycles. The summed E-state index contributed by atoms with van der Waals surface area (Å²) in [6, 6.07) is 0.546. The molecule has 0 aromatic rings. The average molecular weight is 281 g/mol. The van der Waals surface area contributed by atoms with Crippen LogP contribution in [0.4, 0.5) is 0 Å². The van der Waals surface area contributed by atoms with Crippen molar-refractivity contribution in [1.29, 1.82) is 0 Å². The highest BCUT2D eigenvalue weighted by atomic mass is 127. The van der Waals surface area contributed by atoms with Gasteiger partial charge in [-0.1, -0.05) is 19.1 Å². The smallest absolute Gasteiger partial charge is 0.0136 e. The second kappa shape index (κ2) is 11.2. The summed E-state index contributed by atoms with van der Waals surface area (Å²) in [5, 5.41) is 3.43. The van der Waals surface area contributed by atoms with Crippen LogP contribution < -0.4 is 5.32 Å². The Balaban J connectivity index is 0. The summed E-state index contributed by atoms with van der Waals surface area (Å²) in [6.07, 6.45) is 7.16. The molecule has 0 heterocycles. The fourth-order valence-corrected chi connectivity index (χ4v) is 1.01. The van der Waals surface area contributed by atoms with Crippen molar-refractivity contribution in [2.24, 2.45) is 0 Å². The number of nitrogens with one attached hydrogen (secondary N) is 1. The first-order chi connectivity index (χ1) is 5.35. The van der Waals surface area contributed by atoms with Crippen LogP contribution in [0.15, 0.2) is 25.3 Å². The highest BCUT2D eigenvalue weighted by Gasteiger charge is 2.00. The van der Waals surface area contributed by atoms with Crippen LogP contribution in [-0.4, -0.2) is 12.6 Å². The SMILES string of the molecule is C=CCC(CC=C)NCCC.I. The summed E-state index contributed by atoms with van der Waals surface area (Å²) in [5.41, 5.74) is 0. The van der Waals surface area contributed by atoms with Gasteiger partial charge in [-0.25, -0.2) is 0 Å². The third-order valence-corrected chi connectivity index (χ3v) is 1.59. The Morgan fingerprint density at radius 1 is 1.25 bits per heavy atom. The molecule has 0 radical (unpaired) electrons. The van der Waals surface area contributed by atoms with E-state index < -0.39 is 0 Å². The molecule has 0 saturated heterocycles. The van der Waals surface area contributed by atoms with Crippen LogP contribution in [0.25, 0.3) is 0 Å². The van der Waals surface area contributed by atoms with Crippen molar-refractivity contribution in [3.8, 4) is 0 Å². The van der Waals surface area contributed by atoms with E-state index in [0.29, 0.717) is 6.04 Å². The van der Waals surface area contributed by atoms with Gasteiger partial charge in [0.2, 0.25) is 0 Å². The monoisotopic (exact) mass is 281 g/mol. The van der Waals surface area contributed by atoms with Gasteiger partial charge in [-0.2, -0.15) is 0 Å². The molecule has 1 N–H and O–H groups in total. The molecule has 2 heteroatoms. The highest BCUT2D eigenvalue weighted by molar-refractivity contribution is 14.0. The summed E-state index contributed by atoms with van der Waals surface area (Å²) >= 11 is 0. The van der Waals surface area contributed by atoms with Crippen molar-refractivity contribution in [2.45, 2.75) is 32.2 Å². The first kappa shape index (κ1) is 14.7. The Bertz CT molecular complexity index is 102. The molecule has 0 atom stereocenters. The molecule has 12 heavy (non-hydrogen) atoms. The topological polar surface area (TPSA) is 12.0 Å². The average Bonchev–Trinajstić information content (AvgIpc) is 2.01. The Kier molecular flexibility index (Phi) is 13.7. The van der Waals surface area contributed by atoms with Crippen molar-refractivity contribution in [1.82, 2.24) is 5.32 Å². The Labute approximate surface area is 93.3 Å². The molecular formula is C10H20IN. The van der Waals surface area contributed by atoms with E-state index in [4.69, 9.17) is 0 Å². The van der Waals surface area contributed by atoms with E-state index in [-0.39, 0.29) is 24.0 Å². The maximum Gasteiger partial charge on any atom is 0.0136 e. The first-order valence-electron chi connectivity index (χ1n) is 4.30. The molecule has 0 aliphatic heterocycles. The van der Waals surface area contributed by atoms with Crippen molar-refractivity contribution in [3.05, 3.63) is 25.3 Å². The molecule has 0 aromatic carbocycles. The van der Waals surface area contributed by atoms with Crippen molar-refractivity contribution < 1.29 is 0 Å². The van der Waals surface area contributed by atoms with Gasteiger partial charge in [0.1, 0.15) is 0 Å². The minimum atomic E-state index is 0. The molecule has 0 aliphatic carbocycles. The second-order valence-electron chi connectivity index (χ2n) is 2.70. The number of halogens is 1. The molecule has 0 fully saturated rings. The van der Waals surface area contributed by atoms with E-state index in [9.17, 15) is 0 Å². The van der Waals surface area contributed by atoms with Gasteiger partial charge in [0.05, 0.1) is 0 Å². The lowest BCUT2D eigenvalue weighted by Crippen LogP contribution is -2.28. The van der Waals surface area contributed by atoms with Gasteiger partial charge in [-0.3, -0.25) is 0 Å². The fraction of sp³-hybridized carbons (Fsp3) is 0.600. The Morgan fingerprint density at radius 3 is 2.08 bits per heavy atom. The minimum Gasteiger partial charge on any atom is -0.313 e. The molecule has 0 unspecified atom stereocenters. The van der Waals surface area contributed by atoms with Crippen molar-refractivity contribution >= 4 is 24.0 Å². The lowest BCUT2D eigenvalue weighted by molar-refractivity contribution is 0.519. The Morgan fingerprint density at radius 2 is 1.75 bits per heavy atom. The molecule has 0 amide bonds. The minimum absolute atomic E-state index is 0. The zero-order valence-corrected chi connectivity index (χ0v) is 10.2. The summed E-state index contributed by atoms with van der Waals surface area (Å²) in [4.78, 5) is 0. The number of hydrogen-bond donors (Lipinski definition) is 1. The normalized spacial score (nSPS) is 9.17. The largest absolute Gasteiger partial charge is 0.313 e. The third-order valence-electron chi connectivity index (χ3n) is 1.59. The van der Waals surface area contributed by atoms with Crippen molar-refractivity contribution in [2.75, 3.05) is 6.54 Å². The van der Waals surface area contributed by atoms with Gasteiger partial charge in [0.25, 0.3) is 0 Å². The van der Waals surface area contributed by atoms with Gasteiger partial charge >= 0.3 is 0 Å². The van der Waals surface area contributed by atoms with Crippen LogP contribution in [0.2, 0.25) is 0 Å². The summed E-state index contributed by atoms with van der Waals surface area (Å²) < 4.78 is 0. The lowest BCUT2D eigenvalue weighted by atomic mass is 10.1. The van der Waals surface area contributed by atoms with Gasteiger partial charge in [0, 0.05) is 6.04 Å². The second-order valence-corrected chi connectivity index (χ2v) is 2.70. The number of hydrogen-bond acceptors (Lipinski definition) is 1. The van der Waals surface area contributed by atoms with E-state index in [1.807, 2.05) is 12.2 Å². The maximum absolute atomic E-state index is 3.72. The predicted octanol–water partition coefficient (Wildman–Crippen LogP) is 3.12. The van der Waals surface area contributed by atoms with Crippen LogP contribution >= 0.6 is 24.0 Å². The first-order valence-corrected chi connectivity index (χ1v) is 4.30. The maximum atomic E-state index is 3.72. The summed E-state index contributed by atoms with van der Waals surface area (Å²) in [5.74, 6) is 0. The molecule has 72 valence electrons. The van der Waals surface area contributed by atoms with E-state index in [1.165, 1.54) is 6.42 Å². The van der Waals surface area contributed by atoms with E-state index in [0.717, 1.165) is 19.4 Å². The van der Waals surface area contributed by atoms with Crippen molar-refractivity contribution in [3.63, 3.8) is 0 Å². The fourth-order valence-electron chi connectivity index (χ4n) is 1.01. The number of rotatable bonds is 7. The quantitative estimate of drug-likeness (QED) is 0.558. The highest BCUT2D eigenvalue weighted by Crippen LogP contribution is 1.99. The molecule has 1 nitrogen and oxygen atoms in total. The molecule has 0 aliphatic rings. The molecule has 0 spiro atoms. The zero-order valence-electron chi connectivity index (χ0n) is 7.88. The van der Waals surface area contributed by atoms with E-state index >= 15 is 0 Å². The van der Waals surface area contributed by atoms with Crippen LogP contribution in [0.1, 0.15) is 26.2 Å². The van der Waals surface area contributed by atoms with Gasteiger partial charge in [-0.05, 0) is 25.8 Å². The predicted molar refractivity (Wildman–Crippen MR) is 67.1 cm³/mol. The summed E-state index contributed by atoms with van der Waals surface area (Å²) in [6.45, 7) is 10.7. The van der Waals surface area contributed by atoms with Crippen LogP contribution in [-0.2, 0) is 0 Å². The van der Waals surface area contributed by atoms with E-state index in [2.05, 4.69) is 25.4 Å². The summed E-state index contributed by atoms with van der Waals surface area (Å²) in [7, 11) is 0. The zero-order chi connectivity index (χ0) is 8.53. The van der Waals surface area contributed by atoms with Crippen LogP contribution in [0.5, 0.6) is 0 Å². The van der Waals surface area contributed by atoms with E-state index in [1.54, 1.807) is 0 Å². The molecule has 0 rings (SSSR count). The lowest BCUT2D eigenvalue weighted by Gasteiger charge is -2.13. The van der Waals surface area contributed by atoms with Gasteiger partial charge in [0.15, 0.2) is 0 Å². The molecule has 0 bridgehead atoms. The Hall–Kier alpha value is 0.170. The van der Waals surface area contributed by atoms with Crippen LogP contribution in [0.3, 0.4) is 0 Å². The molecule has 0 aromatic heterocycles.